The van der Waals surface area contributed by atoms with Crippen LogP contribution < -0.4 is 10.0 Å². The average Bonchev–Trinajstić information content (AvgIpc) is 2.60. The minimum atomic E-state index is -4.55. The fourth-order valence-corrected chi connectivity index (χ4v) is 3.50. The lowest BCUT2D eigenvalue weighted by Crippen LogP contribution is -2.35. The van der Waals surface area contributed by atoms with Crippen LogP contribution in [0.2, 0.25) is 0 Å². The molecule has 0 aliphatic heterocycles. The van der Waals surface area contributed by atoms with Crippen LogP contribution in [-0.2, 0) is 33.2 Å². The first-order valence-corrected chi connectivity index (χ1v) is 9.85. The molecule has 2 N–H and O–H groups in total. The molecule has 152 valence electrons. The molecule has 0 unspecified atom stereocenters. The summed E-state index contributed by atoms with van der Waals surface area (Å²) >= 11 is 0. The van der Waals surface area contributed by atoms with Crippen molar-refractivity contribution < 1.29 is 30.8 Å². The highest BCUT2D eigenvalue weighted by atomic mass is 32.2. The third kappa shape index (κ3) is 7.28. The van der Waals surface area contributed by atoms with Gasteiger partial charge in [0.1, 0.15) is 5.82 Å². The van der Waals surface area contributed by atoms with Gasteiger partial charge in [-0.3, -0.25) is 4.79 Å². The number of nitrogens with one attached hydrogen (secondary N) is 2. The smallest absolute Gasteiger partial charge is 0.355 e. The minimum Gasteiger partial charge on any atom is -0.355 e. The van der Waals surface area contributed by atoms with Crippen molar-refractivity contribution in [2.24, 2.45) is 0 Å². The maximum absolute atomic E-state index is 12.8. The second-order valence-electron chi connectivity index (χ2n) is 6.00. The van der Waals surface area contributed by atoms with Gasteiger partial charge in [0.25, 0.3) is 0 Å². The molecule has 0 aliphatic rings. The molecule has 0 spiro atoms. The van der Waals surface area contributed by atoms with Crippen LogP contribution in [0.25, 0.3) is 0 Å². The first-order chi connectivity index (χ1) is 13.0. The highest BCUT2D eigenvalue weighted by molar-refractivity contribution is 7.88. The van der Waals surface area contributed by atoms with E-state index in [1.165, 1.54) is 30.3 Å². The van der Waals surface area contributed by atoms with Crippen LogP contribution >= 0.6 is 0 Å². The first kappa shape index (κ1) is 21.8. The summed E-state index contributed by atoms with van der Waals surface area (Å²) < 4.78 is 77.0. The van der Waals surface area contributed by atoms with E-state index in [-0.39, 0.29) is 31.0 Å². The predicted molar refractivity (Wildman–Crippen MR) is 95.2 cm³/mol. The Morgan fingerprint density at radius 2 is 1.64 bits per heavy atom. The van der Waals surface area contributed by atoms with E-state index < -0.39 is 33.3 Å². The summed E-state index contributed by atoms with van der Waals surface area (Å²) in [6.07, 6.45) is -4.54. The van der Waals surface area contributed by atoms with E-state index in [0.29, 0.717) is 5.56 Å². The Bertz CT molecular complexity index is 913. The normalized spacial score (nSPS) is 12.0. The number of alkyl halides is 3. The van der Waals surface area contributed by atoms with Gasteiger partial charge in [0.15, 0.2) is 0 Å². The van der Waals surface area contributed by atoms with Gasteiger partial charge in [-0.15, -0.1) is 0 Å². The number of sulfonamides is 1. The maximum atomic E-state index is 12.8. The lowest BCUT2D eigenvalue weighted by atomic mass is 10.1. The molecule has 2 rings (SSSR count). The van der Waals surface area contributed by atoms with Crippen LogP contribution in [0.1, 0.15) is 16.7 Å². The molecule has 10 heteroatoms. The van der Waals surface area contributed by atoms with Gasteiger partial charge in [0, 0.05) is 13.1 Å². The SMILES string of the molecule is O=C(Cc1ccc(F)cc1)NCCNS(=O)(=O)Cc1cccc(C(F)(F)F)c1. The molecule has 5 nitrogen and oxygen atoms in total. The standard InChI is InChI=1S/C18H18F4N2O3S/c19-16-6-4-13(5-7-16)11-17(25)23-8-9-24-28(26,27)12-14-2-1-3-15(10-14)18(20,21)22/h1-7,10,24H,8-9,11-12H2,(H,23,25). The van der Waals surface area contributed by atoms with Crippen molar-refractivity contribution in [2.45, 2.75) is 18.3 Å². The number of rotatable bonds is 8. The zero-order valence-corrected chi connectivity index (χ0v) is 15.4. The quantitative estimate of drug-likeness (QED) is 0.511. The molecule has 0 heterocycles. The van der Waals surface area contributed by atoms with Crippen LogP contribution in [-0.4, -0.2) is 27.4 Å². The summed E-state index contributed by atoms with van der Waals surface area (Å²) in [6.45, 7) is -0.113. The second-order valence-corrected chi connectivity index (χ2v) is 7.81. The van der Waals surface area contributed by atoms with E-state index in [4.69, 9.17) is 0 Å². The lowest BCUT2D eigenvalue weighted by Gasteiger charge is -2.10. The van der Waals surface area contributed by atoms with Gasteiger partial charge in [-0.05, 0) is 29.3 Å². The van der Waals surface area contributed by atoms with Crippen molar-refractivity contribution >= 4 is 15.9 Å². The Morgan fingerprint density at radius 1 is 0.964 bits per heavy atom. The van der Waals surface area contributed by atoms with E-state index in [1.54, 1.807) is 0 Å². The highest BCUT2D eigenvalue weighted by Gasteiger charge is 2.30. The van der Waals surface area contributed by atoms with E-state index in [9.17, 15) is 30.8 Å². The zero-order valence-electron chi connectivity index (χ0n) is 14.6. The number of amides is 1. The monoisotopic (exact) mass is 418 g/mol. The van der Waals surface area contributed by atoms with Gasteiger partial charge < -0.3 is 5.32 Å². The molecule has 2 aromatic rings. The van der Waals surface area contributed by atoms with Crippen LogP contribution in [0.15, 0.2) is 48.5 Å². The topological polar surface area (TPSA) is 75.3 Å². The Morgan fingerprint density at radius 3 is 2.29 bits per heavy atom. The van der Waals surface area contributed by atoms with E-state index >= 15 is 0 Å². The summed E-state index contributed by atoms with van der Waals surface area (Å²) in [4.78, 5) is 11.8. The van der Waals surface area contributed by atoms with E-state index in [1.807, 2.05) is 0 Å². The van der Waals surface area contributed by atoms with Crippen molar-refractivity contribution in [3.05, 3.63) is 71.0 Å². The molecule has 28 heavy (non-hydrogen) atoms. The molecule has 0 bridgehead atoms. The molecule has 0 saturated carbocycles. The maximum Gasteiger partial charge on any atom is 0.416 e. The van der Waals surface area contributed by atoms with Gasteiger partial charge in [-0.1, -0.05) is 30.3 Å². The summed E-state index contributed by atoms with van der Waals surface area (Å²) in [5.74, 6) is -1.40. The lowest BCUT2D eigenvalue weighted by molar-refractivity contribution is -0.137. The van der Waals surface area contributed by atoms with Gasteiger partial charge in [-0.2, -0.15) is 13.2 Å². The van der Waals surface area contributed by atoms with Gasteiger partial charge >= 0.3 is 6.18 Å². The summed E-state index contributed by atoms with van der Waals surface area (Å²) in [5.41, 5.74) is -0.319. The molecule has 0 atom stereocenters. The summed E-state index contributed by atoms with van der Waals surface area (Å²) in [5, 5.41) is 2.50. The number of hydrogen-bond donors (Lipinski definition) is 2. The molecule has 0 radical (unpaired) electrons. The summed E-state index contributed by atoms with van der Waals surface area (Å²) in [6, 6.07) is 9.46. The largest absolute Gasteiger partial charge is 0.416 e. The molecular weight excluding hydrogens is 400 g/mol. The van der Waals surface area contributed by atoms with Crippen molar-refractivity contribution in [2.75, 3.05) is 13.1 Å². The highest BCUT2D eigenvalue weighted by Crippen LogP contribution is 2.29. The molecular formula is C18H18F4N2O3S. The minimum absolute atomic E-state index is 0.00183. The van der Waals surface area contributed by atoms with Crippen LogP contribution in [0, 0.1) is 5.82 Å². The van der Waals surface area contributed by atoms with E-state index in [0.717, 1.165) is 18.2 Å². The van der Waals surface area contributed by atoms with Crippen molar-refractivity contribution in [1.82, 2.24) is 10.0 Å². The van der Waals surface area contributed by atoms with Gasteiger partial charge in [0.2, 0.25) is 15.9 Å². The molecule has 0 aliphatic carbocycles. The van der Waals surface area contributed by atoms with Crippen LogP contribution in [0.3, 0.4) is 0 Å². The van der Waals surface area contributed by atoms with E-state index in [2.05, 4.69) is 10.0 Å². The second kappa shape index (κ2) is 9.16. The molecule has 1 amide bonds. The molecule has 0 aromatic heterocycles. The average molecular weight is 418 g/mol. The Hall–Kier alpha value is -2.46. The Kier molecular flexibility index (Phi) is 7.14. The third-order valence-electron chi connectivity index (χ3n) is 3.66. The third-order valence-corrected chi connectivity index (χ3v) is 5.02. The molecule has 0 saturated heterocycles. The van der Waals surface area contributed by atoms with Crippen molar-refractivity contribution in [3.8, 4) is 0 Å². The fourth-order valence-electron chi connectivity index (χ4n) is 2.37. The number of carbonyl (C=O) groups is 1. The van der Waals surface area contributed by atoms with Crippen molar-refractivity contribution in [1.29, 1.82) is 0 Å². The van der Waals surface area contributed by atoms with Crippen LogP contribution in [0.4, 0.5) is 17.6 Å². The first-order valence-electron chi connectivity index (χ1n) is 8.20. The van der Waals surface area contributed by atoms with Gasteiger partial charge in [-0.25, -0.2) is 17.5 Å². The Balaban J connectivity index is 1.79. The molecule has 0 fully saturated rings. The van der Waals surface area contributed by atoms with Crippen molar-refractivity contribution in [3.63, 3.8) is 0 Å². The molecule has 2 aromatic carbocycles. The fraction of sp³-hybridized carbons (Fsp3) is 0.278. The number of hydrogen-bond acceptors (Lipinski definition) is 3. The van der Waals surface area contributed by atoms with Crippen LogP contribution in [0.5, 0.6) is 0 Å². The number of halogens is 4. The Labute approximate surface area is 159 Å². The summed E-state index contributed by atoms with van der Waals surface area (Å²) in [7, 11) is -3.87. The zero-order chi connectivity index (χ0) is 20.8. The number of benzene rings is 2. The van der Waals surface area contributed by atoms with Gasteiger partial charge in [0.05, 0.1) is 17.7 Å². The predicted octanol–water partition coefficient (Wildman–Crippen LogP) is 2.62. The number of carbonyl (C=O) groups excluding carboxylic acids is 1.